The van der Waals surface area contributed by atoms with Gasteiger partial charge in [-0.15, -0.1) is 0 Å². The fraction of sp³-hybridized carbons (Fsp3) is 0.200. The first-order chi connectivity index (χ1) is 7.75. The van der Waals surface area contributed by atoms with Gasteiger partial charge >= 0.3 is 0 Å². The zero-order valence-electron chi connectivity index (χ0n) is 9.69. The standard InChI is InChI=1S/C15H17N/c1-12-7-9-13(10-8-12)11-15(16)14-5-3-2-4-6-14/h2-10,15H,11,16H2,1H3/p+1/t15-/m1/s1. The highest BCUT2D eigenvalue weighted by atomic mass is 14.6. The lowest BCUT2D eigenvalue weighted by Crippen LogP contribution is -2.54. The van der Waals surface area contributed by atoms with Crippen LogP contribution in [0.4, 0.5) is 0 Å². The molecular formula is C15H18N+. The van der Waals surface area contributed by atoms with E-state index in [-0.39, 0.29) is 0 Å². The molecule has 2 aromatic carbocycles. The van der Waals surface area contributed by atoms with Crippen LogP contribution in [0.1, 0.15) is 22.7 Å². The van der Waals surface area contributed by atoms with E-state index in [4.69, 9.17) is 0 Å². The Kier molecular flexibility index (Phi) is 3.37. The van der Waals surface area contributed by atoms with Crippen molar-refractivity contribution in [2.75, 3.05) is 0 Å². The average molecular weight is 212 g/mol. The molecule has 0 aliphatic heterocycles. The summed E-state index contributed by atoms with van der Waals surface area (Å²) in [5, 5.41) is 0. The van der Waals surface area contributed by atoms with Crippen LogP contribution in [-0.4, -0.2) is 0 Å². The van der Waals surface area contributed by atoms with E-state index < -0.39 is 0 Å². The maximum Gasteiger partial charge on any atom is 0.114 e. The SMILES string of the molecule is Cc1ccc(C[C@@H]([NH3+])c2ccccc2)cc1. The van der Waals surface area contributed by atoms with Gasteiger partial charge in [-0.05, 0) is 12.5 Å². The molecule has 16 heavy (non-hydrogen) atoms. The Balaban J connectivity index is 2.08. The van der Waals surface area contributed by atoms with Crippen molar-refractivity contribution in [3.8, 4) is 0 Å². The molecule has 1 atom stereocenters. The van der Waals surface area contributed by atoms with Crippen LogP contribution in [0.3, 0.4) is 0 Å². The topological polar surface area (TPSA) is 27.6 Å². The third-order valence-electron chi connectivity index (χ3n) is 2.87. The molecule has 0 amide bonds. The molecule has 0 heterocycles. The monoisotopic (exact) mass is 212 g/mol. The van der Waals surface area contributed by atoms with E-state index in [0.717, 1.165) is 6.42 Å². The van der Waals surface area contributed by atoms with Crippen LogP contribution >= 0.6 is 0 Å². The maximum atomic E-state index is 4.23. The molecule has 3 N–H and O–H groups in total. The van der Waals surface area contributed by atoms with Gasteiger partial charge < -0.3 is 5.73 Å². The van der Waals surface area contributed by atoms with Crippen molar-refractivity contribution in [1.29, 1.82) is 0 Å². The van der Waals surface area contributed by atoms with Crippen LogP contribution in [-0.2, 0) is 6.42 Å². The highest BCUT2D eigenvalue weighted by molar-refractivity contribution is 5.24. The van der Waals surface area contributed by atoms with Gasteiger partial charge in [-0.3, -0.25) is 0 Å². The molecule has 0 saturated heterocycles. The van der Waals surface area contributed by atoms with Crippen LogP contribution < -0.4 is 5.73 Å². The molecule has 0 aliphatic carbocycles. The Labute approximate surface area is 96.9 Å². The first kappa shape index (κ1) is 10.9. The summed E-state index contributed by atoms with van der Waals surface area (Å²) in [5.41, 5.74) is 8.20. The Morgan fingerprint density at radius 1 is 0.938 bits per heavy atom. The number of hydrogen-bond donors (Lipinski definition) is 1. The smallest absolute Gasteiger partial charge is 0.114 e. The van der Waals surface area contributed by atoms with Crippen LogP contribution in [0.25, 0.3) is 0 Å². The van der Waals surface area contributed by atoms with E-state index in [9.17, 15) is 0 Å². The lowest BCUT2D eigenvalue weighted by atomic mass is 9.99. The Bertz CT molecular complexity index is 431. The zero-order valence-corrected chi connectivity index (χ0v) is 9.69. The third-order valence-corrected chi connectivity index (χ3v) is 2.87. The van der Waals surface area contributed by atoms with E-state index in [1.807, 2.05) is 6.07 Å². The van der Waals surface area contributed by atoms with Gasteiger partial charge in [0.25, 0.3) is 0 Å². The summed E-state index contributed by atoms with van der Waals surface area (Å²) in [6, 6.07) is 19.5. The molecule has 82 valence electrons. The van der Waals surface area contributed by atoms with Gasteiger partial charge in [0.15, 0.2) is 0 Å². The summed E-state index contributed by atoms with van der Waals surface area (Å²) in [6.45, 7) is 2.11. The van der Waals surface area contributed by atoms with Crippen molar-refractivity contribution in [2.45, 2.75) is 19.4 Å². The molecule has 0 unspecified atom stereocenters. The van der Waals surface area contributed by atoms with Crippen molar-refractivity contribution < 1.29 is 5.73 Å². The van der Waals surface area contributed by atoms with Gasteiger partial charge in [-0.2, -0.15) is 0 Å². The third kappa shape index (κ3) is 2.71. The van der Waals surface area contributed by atoms with Crippen LogP contribution in [0.2, 0.25) is 0 Å². The molecule has 0 bridgehead atoms. The van der Waals surface area contributed by atoms with E-state index in [0.29, 0.717) is 6.04 Å². The van der Waals surface area contributed by atoms with Crippen molar-refractivity contribution in [2.24, 2.45) is 0 Å². The normalized spacial score (nSPS) is 12.4. The van der Waals surface area contributed by atoms with Crippen molar-refractivity contribution >= 4 is 0 Å². The summed E-state index contributed by atoms with van der Waals surface area (Å²) in [4.78, 5) is 0. The molecule has 0 radical (unpaired) electrons. The molecule has 0 fully saturated rings. The summed E-state index contributed by atoms with van der Waals surface area (Å²) >= 11 is 0. The molecule has 1 heteroatoms. The Morgan fingerprint density at radius 3 is 2.19 bits per heavy atom. The quantitative estimate of drug-likeness (QED) is 0.809. The van der Waals surface area contributed by atoms with Crippen LogP contribution in [0.5, 0.6) is 0 Å². The second kappa shape index (κ2) is 4.95. The molecule has 1 nitrogen and oxygen atoms in total. The van der Waals surface area contributed by atoms with Gasteiger partial charge in [-0.1, -0.05) is 60.2 Å². The van der Waals surface area contributed by atoms with Gasteiger partial charge in [0, 0.05) is 12.0 Å². The summed E-state index contributed by atoms with van der Waals surface area (Å²) in [7, 11) is 0. The number of aryl methyl sites for hydroxylation is 1. The van der Waals surface area contributed by atoms with E-state index >= 15 is 0 Å². The number of rotatable bonds is 3. The van der Waals surface area contributed by atoms with Gasteiger partial charge in [0.2, 0.25) is 0 Å². The van der Waals surface area contributed by atoms with Crippen molar-refractivity contribution in [3.63, 3.8) is 0 Å². The highest BCUT2D eigenvalue weighted by Crippen LogP contribution is 2.14. The van der Waals surface area contributed by atoms with Crippen molar-refractivity contribution in [3.05, 3.63) is 71.3 Å². The van der Waals surface area contributed by atoms with E-state index in [2.05, 4.69) is 61.2 Å². The summed E-state index contributed by atoms with van der Waals surface area (Å²) in [6.07, 6.45) is 1.00. The van der Waals surface area contributed by atoms with E-state index in [1.165, 1.54) is 16.7 Å². The van der Waals surface area contributed by atoms with Gasteiger partial charge in [0.05, 0.1) is 0 Å². The lowest BCUT2D eigenvalue weighted by molar-refractivity contribution is -0.426. The number of quaternary nitrogens is 1. The minimum absolute atomic E-state index is 0.337. The first-order valence-corrected chi connectivity index (χ1v) is 5.69. The zero-order chi connectivity index (χ0) is 11.4. The fourth-order valence-corrected chi connectivity index (χ4v) is 1.85. The van der Waals surface area contributed by atoms with Crippen LogP contribution in [0, 0.1) is 6.92 Å². The highest BCUT2D eigenvalue weighted by Gasteiger charge is 2.09. The second-order valence-electron chi connectivity index (χ2n) is 4.30. The molecule has 0 spiro atoms. The molecule has 0 aromatic heterocycles. The van der Waals surface area contributed by atoms with Crippen LogP contribution in [0.15, 0.2) is 54.6 Å². The molecule has 0 aliphatic rings. The minimum atomic E-state index is 0.337. The predicted molar refractivity (Wildman–Crippen MR) is 67.0 cm³/mol. The average Bonchev–Trinajstić information content (AvgIpc) is 2.33. The van der Waals surface area contributed by atoms with Gasteiger partial charge in [-0.25, -0.2) is 0 Å². The molecule has 2 aromatic rings. The maximum absolute atomic E-state index is 4.23. The molecule has 0 saturated carbocycles. The minimum Gasteiger partial charge on any atom is -0.351 e. The fourth-order valence-electron chi connectivity index (χ4n) is 1.85. The van der Waals surface area contributed by atoms with Crippen molar-refractivity contribution in [1.82, 2.24) is 0 Å². The Morgan fingerprint density at radius 2 is 1.56 bits per heavy atom. The van der Waals surface area contributed by atoms with E-state index in [1.54, 1.807) is 0 Å². The Hall–Kier alpha value is -1.60. The predicted octanol–water partition coefficient (Wildman–Crippen LogP) is 2.52. The summed E-state index contributed by atoms with van der Waals surface area (Å²) in [5.74, 6) is 0. The second-order valence-corrected chi connectivity index (χ2v) is 4.30. The lowest BCUT2D eigenvalue weighted by Gasteiger charge is -2.09. The molecular weight excluding hydrogens is 194 g/mol. The number of hydrogen-bond acceptors (Lipinski definition) is 0. The first-order valence-electron chi connectivity index (χ1n) is 5.69. The van der Waals surface area contributed by atoms with Gasteiger partial charge in [0.1, 0.15) is 6.04 Å². The largest absolute Gasteiger partial charge is 0.351 e. The number of benzene rings is 2. The summed E-state index contributed by atoms with van der Waals surface area (Å²) < 4.78 is 0. The molecule has 2 rings (SSSR count).